The number of aryl methyl sites for hydroxylation is 2. The van der Waals surface area contributed by atoms with E-state index in [1.807, 2.05) is 0 Å². The molecule has 0 atom stereocenters. The summed E-state index contributed by atoms with van der Waals surface area (Å²) in [4.78, 5) is 37.8. The van der Waals surface area contributed by atoms with Crippen molar-refractivity contribution in [2.24, 2.45) is 14.1 Å². The fourth-order valence-electron chi connectivity index (χ4n) is 1.77. The zero-order valence-corrected chi connectivity index (χ0v) is 9.56. The van der Waals surface area contributed by atoms with E-state index in [0.717, 1.165) is 4.57 Å². The van der Waals surface area contributed by atoms with Crippen LogP contribution in [0.5, 0.6) is 0 Å². The van der Waals surface area contributed by atoms with Gasteiger partial charge in [0.1, 0.15) is 5.65 Å². The molecule has 0 aliphatic carbocycles. The molecule has 17 heavy (non-hydrogen) atoms. The molecule has 1 N–H and O–H groups in total. The van der Waals surface area contributed by atoms with Crippen molar-refractivity contribution in [2.75, 3.05) is 0 Å². The molecule has 0 saturated heterocycles. The zero-order chi connectivity index (χ0) is 12.7. The van der Waals surface area contributed by atoms with Crippen molar-refractivity contribution in [2.45, 2.75) is 6.54 Å². The first-order valence-electron chi connectivity index (χ1n) is 4.98. The number of nitrogens with one attached hydrogen (secondary N) is 1. The fraction of sp³-hybridized carbons (Fsp3) is 0.300. The number of hydrogen-bond donors (Lipinski definition) is 1. The normalized spacial score (nSPS) is 10.9. The van der Waals surface area contributed by atoms with Gasteiger partial charge < -0.3 is 0 Å². The Morgan fingerprint density at radius 1 is 1.24 bits per heavy atom. The molecule has 0 aliphatic heterocycles. The summed E-state index contributed by atoms with van der Waals surface area (Å²) in [7, 11) is 2.98. The van der Waals surface area contributed by atoms with E-state index in [0.29, 0.717) is 0 Å². The Hall–Kier alpha value is -2.31. The molecule has 0 spiro atoms. The number of aromatic amines is 1. The molecule has 2 rings (SSSR count). The average Bonchev–Trinajstić information content (AvgIpc) is 2.59. The van der Waals surface area contributed by atoms with Crippen LogP contribution in [0.2, 0.25) is 0 Å². The van der Waals surface area contributed by atoms with E-state index in [1.165, 1.54) is 29.3 Å². The summed E-state index contributed by atoms with van der Waals surface area (Å²) in [6.45, 7) is 3.60. The van der Waals surface area contributed by atoms with Gasteiger partial charge in [0.15, 0.2) is 5.52 Å². The summed E-state index contributed by atoms with van der Waals surface area (Å²) in [5, 5.41) is 0. The number of allylic oxidation sites excluding steroid dienone is 1. The Kier molecular flexibility index (Phi) is 2.38. The van der Waals surface area contributed by atoms with E-state index in [-0.39, 0.29) is 17.7 Å². The Labute approximate surface area is 95.2 Å². The molecule has 0 amide bonds. The first kappa shape index (κ1) is 11.2. The Morgan fingerprint density at radius 3 is 2.47 bits per heavy atom. The number of hydrogen-bond acceptors (Lipinski definition) is 3. The van der Waals surface area contributed by atoms with Gasteiger partial charge in [0, 0.05) is 20.6 Å². The molecular formula is C10H12N4O3. The molecule has 0 aromatic carbocycles. The van der Waals surface area contributed by atoms with Crippen LogP contribution >= 0.6 is 0 Å². The molecule has 7 nitrogen and oxygen atoms in total. The molecule has 90 valence electrons. The number of nitrogens with zero attached hydrogens (tertiary/aromatic N) is 3. The van der Waals surface area contributed by atoms with Crippen molar-refractivity contribution in [3.05, 3.63) is 44.0 Å². The van der Waals surface area contributed by atoms with E-state index in [1.54, 1.807) is 0 Å². The van der Waals surface area contributed by atoms with Crippen molar-refractivity contribution in [1.82, 2.24) is 18.7 Å². The van der Waals surface area contributed by atoms with Gasteiger partial charge in [0.25, 0.3) is 5.56 Å². The standard InChI is InChI=1S/C10H12N4O3/c1-4-5-14-8(15)6-7(13(3)10(14)17)11-9(16)12(6)2/h4H,1,5H2,2-3H3,(H,11,16). The smallest absolute Gasteiger partial charge is 0.291 e. The van der Waals surface area contributed by atoms with Gasteiger partial charge in [-0.25, -0.2) is 9.59 Å². The highest BCUT2D eigenvalue weighted by Gasteiger charge is 2.15. The molecule has 2 aromatic rings. The van der Waals surface area contributed by atoms with Crippen molar-refractivity contribution in [1.29, 1.82) is 0 Å². The maximum atomic E-state index is 12.0. The molecule has 2 aromatic heterocycles. The summed E-state index contributed by atoms with van der Waals surface area (Å²) in [5.74, 6) is 0. The van der Waals surface area contributed by atoms with E-state index >= 15 is 0 Å². The molecule has 0 fully saturated rings. The minimum absolute atomic E-state index is 0.112. The minimum Gasteiger partial charge on any atom is -0.291 e. The summed E-state index contributed by atoms with van der Waals surface area (Å²) in [6, 6.07) is 0. The van der Waals surface area contributed by atoms with Crippen LogP contribution in [0.1, 0.15) is 0 Å². The van der Waals surface area contributed by atoms with Crippen LogP contribution in [0.3, 0.4) is 0 Å². The van der Waals surface area contributed by atoms with Gasteiger partial charge in [-0.15, -0.1) is 6.58 Å². The summed E-state index contributed by atoms with van der Waals surface area (Å²) in [5.41, 5.74) is -0.997. The number of imidazole rings is 1. The lowest BCUT2D eigenvalue weighted by atomic mass is 10.5. The predicted octanol–water partition coefficient (Wildman–Crippen LogP) is -1.09. The third-order valence-electron chi connectivity index (χ3n) is 2.70. The lowest BCUT2D eigenvalue weighted by Gasteiger charge is -2.05. The monoisotopic (exact) mass is 236 g/mol. The lowest BCUT2D eigenvalue weighted by Crippen LogP contribution is -2.39. The predicted molar refractivity (Wildman–Crippen MR) is 63.2 cm³/mol. The Morgan fingerprint density at radius 2 is 1.88 bits per heavy atom. The second kappa shape index (κ2) is 3.62. The first-order valence-corrected chi connectivity index (χ1v) is 4.98. The van der Waals surface area contributed by atoms with Crippen LogP contribution in [-0.4, -0.2) is 18.7 Å². The number of aromatic nitrogens is 4. The van der Waals surface area contributed by atoms with Gasteiger partial charge in [0.2, 0.25) is 0 Å². The highest BCUT2D eigenvalue weighted by Crippen LogP contribution is 1.99. The molecular weight excluding hydrogens is 224 g/mol. The molecule has 0 aliphatic rings. The SMILES string of the molecule is C=CCn1c(=O)c2c([nH]c(=O)n2C)n(C)c1=O. The zero-order valence-electron chi connectivity index (χ0n) is 9.56. The molecule has 2 heterocycles. The number of rotatable bonds is 2. The molecule has 0 saturated carbocycles. The fourth-order valence-corrected chi connectivity index (χ4v) is 1.77. The van der Waals surface area contributed by atoms with Gasteiger partial charge in [-0.3, -0.25) is 23.5 Å². The molecule has 0 radical (unpaired) electrons. The third kappa shape index (κ3) is 1.39. The quantitative estimate of drug-likeness (QED) is 0.673. The summed E-state index contributed by atoms with van der Waals surface area (Å²) < 4.78 is 3.46. The van der Waals surface area contributed by atoms with Gasteiger partial charge in [-0.1, -0.05) is 6.08 Å². The van der Waals surface area contributed by atoms with E-state index in [2.05, 4.69) is 11.6 Å². The van der Waals surface area contributed by atoms with Gasteiger partial charge in [-0.2, -0.15) is 0 Å². The second-order valence-corrected chi connectivity index (χ2v) is 3.73. The topological polar surface area (TPSA) is 81.8 Å². The van der Waals surface area contributed by atoms with E-state index in [9.17, 15) is 14.4 Å². The minimum atomic E-state index is -0.496. The van der Waals surface area contributed by atoms with Crippen molar-refractivity contribution in [3.63, 3.8) is 0 Å². The molecule has 0 unspecified atom stereocenters. The van der Waals surface area contributed by atoms with Crippen LogP contribution in [0.4, 0.5) is 0 Å². The summed E-state index contributed by atoms with van der Waals surface area (Å²) >= 11 is 0. The average molecular weight is 236 g/mol. The van der Waals surface area contributed by atoms with Crippen molar-refractivity contribution < 1.29 is 0 Å². The van der Waals surface area contributed by atoms with Gasteiger partial charge >= 0.3 is 11.4 Å². The van der Waals surface area contributed by atoms with Crippen LogP contribution < -0.4 is 16.9 Å². The Bertz CT molecular complexity index is 772. The highest BCUT2D eigenvalue weighted by atomic mass is 16.2. The first-order chi connectivity index (χ1) is 7.99. The molecule has 7 heteroatoms. The summed E-state index contributed by atoms with van der Waals surface area (Å²) in [6.07, 6.45) is 1.46. The second-order valence-electron chi connectivity index (χ2n) is 3.73. The van der Waals surface area contributed by atoms with E-state index < -0.39 is 16.9 Å². The maximum absolute atomic E-state index is 12.0. The van der Waals surface area contributed by atoms with Crippen LogP contribution in [-0.2, 0) is 20.6 Å². The van der Waals surface area contributed by atoms with Crippen LogP contribution in [0, 0.1) is 0 Å². The van der Waals surface area contributed by atoms with Crippen LogP contribution in [0.15, 0.2) is 27.0 Å². The number of H-pyrrole nitrogens is 1. The van der Waals surface area contributed by atoms with Gasteiger partial charge in [-0.05, 0) is 0 Å². The maximum Gasteiger partial charge on any atom is 0.332 e. The van der Waals surface area contributed by atoms with Gasteiger partial charge in [0.05, 0.1) is 0 Å². The molecule has 0 bridgehead atoms. The van der Waals surface area contributed by atoms with E-state index in [4.69, 9.17) is 0 Å². The lowest BCUT2D eigenvalue weighted by molar-refractivity contribution is 0.665. The highest BCUT2D eigenvalue weighted by molar-refractivity contribution is 5.69. The van der Waals surface area contributed by atoms with Crippen LogP contribution in [0.25, 0.3) is 11.2 Å². The van der Waals surface area contributed by atoms with Crippen molar-refractivity contribution in [3.8, 4) is 0 Å². The van der Waals surface area contributed by atoms with Crippen molar-refractivity contribution >= 4 is 11.2 Å². The third-order valence-corrected chi connectivity index (χ3v) is 2.70. The Balaban J connectivity index is 3.12. The largest absolute Gasteiger partial charge is 0.332 e. The number of fused-ring (bicyclic) bond motifs is 1.